The summed E-state index contributed by atoms with van der Waals surface area (Å²) in [4.78, 5) is 66.1. The lowest BCUT2D eigenvalue weighted by Crippen LogP contribution is -2.55. The highest BCUT2D eigenvalue weighted by Crippen LogP contribution is 2.54. The van der Waals surface area contributed by atoms with Crippen LogP contribution in [0.15, 0.2) is 36.4 Å². The topological polar surface area (TPSA) is 153 Å². The number of imide groups is 1. The van der Waals surface area contributed by atoms with Crippen molar-refractivity contribution in [2.24, 2.45) is 17.3 Å². The van der Waals surface area contributed by atoms with Gasteiger partial charge in [-0.05, 0) is 48.1 Å². The summed E-state index contributed by atoms with van der Waals surface area (Å²) in [7, 11) is -2.94. The summed E-state index contributed by atoms with van der Waals surface area (Å²) < 4.78 is 14.3. The largest absolute Gasteiger partial charge is 0.396 e. The highest BCUT2D eigenvalue weighted by molar-refractivity contribution is 7.58. The second-order valence-electron chi connectivity index (χ2n) is 12.6. The van der Waals surface area contributed by atoms with E-state index in [1.165, 1.54) is 7.05 Å². The molecule has 4 N–H and O–H groups in total. The maximum Gasteiger partial charge on any atom is 0.261 e. The summed E-state index contributed by atoms with van der Waals surface area (Å²) in [5.74, 6) is -3.28. The lowest BCUT2D eigenvalue weighted by atomic mass is 9.84. The molecule has 230 valence electrons. The van der Waals surface area contributed by atoms with Crippen LogP contribution in [0.5, 0.6) is 0 Å². The number of likely N-dealkylation sites (N-methyl/N-ethyl adjacent to an activating group) is 1. The lowest BCUT2D eigenvalue weighted by molar-refractivity contribution is -0.133. The number of nitrogens with zero attached hydrogens (tertiary/aromatic N) is 1. The van der Waals surface area contributed by atoms with Crippen LogP contribution in [0.3, 0.4) is 0 Å². The summed E-state index contributed by atoms with van der Waals surface area (Å²) >= 11 is 0. The van der Waals surface area contributed by atoms with Crippen molar-refractivity contribution < 1.29 is 33.7 Å². The molecule has 0 saturated heterocycles. The number of unbranched alkanes of at least 4 members (excludes halogenated alkanes) is 1. The van der Waals surface area contributed by atoms with Gasteiger partial charge >= 0.3 is 0 Å². The Morgan fingerprint density at radius 3 is 2.02 bits per heavy atom. The smallest absolute Gasteiger partial charge is 0.261 e. The van der Waals surface area contributed by atoms with Crippen molar-refractivity contribution in [1.29, 1.82) is 0 Å². The molecule has 0 aliphatic carbocycles. The minimum Gasteiger partial charge on any atom is -0.396 e. The normalized spacial score (nSPS) is 17.1. The SMILES string of the molecule is CNC(=O)[C@@H](NC(=O)C(CC(C)C)C(CCCCO)P(=O)(O)CN1C(=O)c2cccc3cccc(c23)C1=O)C(C)(C)C. The number of nitrogens with one attached hydrogen (secondary N) is 2. The Hall–Kier alpha value is -3.07. The first kappa shape index (κ1) is 33.4. The molecular formula is C31H44N3O7P. The maximum absolute atomic E-state index is 14.3. The van der Waals surface area contributed by atoms with Crippen molar-refractivity contribution in [3.8, 4) is 0 Å². The first-order chi connectivity index (χ1) is 19.6. The molecule has 0 aromatic heterocycles. The predicted molar refractivity (Wildman–Crippen MR) is 162 cm³/mol. The Morgan fingerprint density at radius 2 is 1.55 bits per heavy atom. The van der Waals surface area contributed by atoms with Gasteiger partial charge in [0.2, 0.25) is 19.2 Å². The standard InChI is InChI=1S/C31H44N3O7P/c1-19(2)17-23(27(36)33-26(28(37)32-6)31(3,4)5)24(15-7-8-16-35)42(40,41)18-34-29(38)21-13-9-11-20-12-10-14-22(25(20)21)30(34)39/h9-14,19,23-24,26,35H,7-8,15-18H2,1-6H3,(H,32,37)(H,33,36)(H,40,41)/t23?,24?,26-/m1/s1. The van der Waals surface area contributed by atoms with Gasteiger partial charge in [0.05, 0.1) is 5.92 Å². The van der Waals surface area contributed by atoms with E-state index < -0.39 is 54.4 Å². The molecule has 0 saturated carbocycles. The van der Waals surface area contributed by atoms with E-state index in [0.29, 0.717) is 18.2 Å². The molecule has 0 spiro atoms. The maximum atomic E-state index is 14.3. The van der Waals surface area contributed by atoms with E-state index in [1.807, 2.05) is 34.6 Å². The number of carbonyl (C=O) groups excluding carboxylic acids is 4. The number of rotatable bonds is 13. The fraction of sp³-hybridized carbons (Fsp3) is 0.548. The molecule has 11 heteroatoms. The molecule has 2 aromatic rings. The first-order valence-corrected chi connectivity index (χ1v) is 16.4. The number of aliphatic hydroxyl groups excluding tert-OH is 1. The van der Waals surface area contributed by atoms with Crippen molar-refractivity contribution in [2.75, 3.05) is 19.9 Å². The van der Waals surface area contributed by atoms with Crippen molar-refractivity contribution in [3.05, 3.63) is 47.5 Å². The predicted octanol–water partition coefficient (Wildman–Crippen LogP) is 4.13. The van der Waals surface area contributed by atoms with Gasteiger partial charge in [-0.1, -0.05) is 65.3 Å². The zero-order chi connectivity index (χ0) is 31.4. The summed E-state index contributed by atoms with van der Waals surface area (Å²) in [6.45, 7) is 9.09. The van der Waals surface area contributed by atoms with E-state index in [9.17, 15) is 33.7 Å². The number of hydrogen-bond acceptors (Lipinski definition) is 6. The van der Waals surface area contributed by atoms with Gasteiger partial charge in [-0.2, -0.15) is 0 Å². The van der Waals surface area contributed by atoms with Gasteiger partial charge in [-0.25, -0.2) is 0 Å². The average molecular weight is 602 g/mol. The van der Waals surface area contributed by atoms with Gasteiger partial charge in [-0.15, -0.1) is 0 Å². The molecule has 3 rings (SSSR count). The Kier molecular flexibility index (Phi) is 10.7. The zero-order valence-corrected chi connectivity index (χ0v) is 26.2. The molecule has 0 radical (unpaired) electrons. The number of hydrogen-bond donors (Lipinski definition) is 4. The average Bonchev–Trinajstić information content (AvgIpc) is 2.92. The number of aliphatic hydroxyl groups is 1. The van der Waals surface area contributed by atoms with Gasteiger partial charge in [-0.3, -0.25) is 28.6 Å². The summed E-state index contributed by atoms with van der Waals surface area (Å²) in [6, 6.07) is 9.28. The van der Waals surface area contributed by atoms with Crippen LogP contribution in [0.25, 0.3) is 10.8 Å². The van der Waals surface area contributed by atoms with Gasteiger partial charge in [0.25, 0.3) is 11.8 Å². The molecule has 4 atom stereocenters. The van der Waals surface area contributed by atoms with Crippen LogP contribution < -0.4 is 10.6 Å². The van der Waals surface area contributed by atoms with E-state index in [0.717, 1.165) is 10.3 Å². The van der Waals surface area contributed by atoms with Gasteiger partial charge < -0.3 is 20.6 Å². The van der Waals surface area contributed by atoms with Crippen molar-refractivity contribution in [2.45, 2.75) is 72.0 Å². The van der Waals surface area contributed by atoms with Crippen molar-refractivity contribution in [3.63, 3.8) is 0 Å². The molecule has 4 amide bonds. The minimum absolute atomic E-state index is 0.0445. The fourth-order valence-corrected chi connectivity index (χ4v) is 7.96. The highest BCUT2D eigenvalue weighted by Gasteiger charge is 2.46. The van der Waals surface area contributed by atoms with E-state index in [1.54, 1.807) is 36.4 Å². The molecule has 3 unspecified atom stereocenters. The zero-order valence-electron chi connectivity index (χ0n) is 25.3. The van der Waals surface area contributed by atoms with Crippen LogP contribution in [0.1, 0.15) is 81.0 Å². The molecule has 1 aliphatic heterocycles. The van der Waals surface area contributed by atoms with Crippen LogP contribution in [-0.2, 0) is 14.2 Å². The Balaban J connectivity index is 2.01. The number of benzene rings is 2. The van der Waals surface area contributed by atoms with E-state index >= 15 is 0 Å². The Bertz CT molecular complexity index is 1330. The summed E-state index contributed by atoms with van der Waals surface area (Å²) in [6.07, 6.45) is 0.317. The van der Waals surface area contributed by atoms with Gasteiger partial charge in [0.15, 0.2) is 0 Å². The van der Waals surface area contributed by atoms with Crippen LogP contribution in [0.4, 0.5) is 0 Å². The summed E-state index contributed by atoms with van der Waals surface area (Å²) in [5, 5.41) is 16.0. The van der Waals surface area contributed by atoms with E-state index in [-0.39, 0.29) is 42.4 Å². The molecular weight excluding hydrogens is 557 g/mol. The molecule has 10 nitrogen and oxygen atoms in total. The quantitative estimate of drug-likeness (QED) is 0.153. The van der Waals surface area contributed by atoms with Crippen molar-refractivity contribution in [1.82, 2.24) is 15.5 Å². The summed E-state index contributed by atoms with van der Waals surface area (Å²) in [5.41, 5.74) is -1.22. The second kappa shape index (κ2) is 13.5. The molecule has 1 heterocycles. The lowest BCUT2D eigenvalue weighted by Gasteiger charge is -2.36. The monoisotopic (exact) mass is 601 g/mol. The number of carbonyl (C=O) groups is 4. The van der Waals surface area contributed by atoms with Crippen molar-refractivity contribution >= 4 is 41.8 Å². The third-order valence-electron chi connectivity index (χ3n) is 7.81. The Morgan fingerprint density at radius 1 is 0.976 bits per heavy atom. The van der Waals surface area contributed by atoms with Crippen LogP contribution in [-0.4, -0.2) is 70.2 Å². The fourth-order valence-electron chi connectivity index (χ4n) is 5.68. The van der Waals surface area contributed by atoms with Crippen LogP contribution in [0, 0.1) is 17.3 Å². The minimum atomic E-state index is -4.41. The second-order valence-corrected chi connectivity index (χ2v) is 15.0. The molecule has 0 fully saturated rings. The van der Waals surface area contributed by atoms with E-state index in [4.69, 9.17) is 0 Å². The first-order valence-electron chi connectivity index (χ1n) is 14.5. The van der Waals surface area contributed by atoms with E-state index in [2.05, 4.69) is 10.6 Å². The van der Waals surface area contributed by atoms with Crippen LogP contribution >= 0.6 is 7.37 Å². The third kappa shape index (κ3) is 7.28. The van der Waals surface area contributed by atoms with Gasteiger partial charge in [0, 0.05) is 35.8 Å². The molecule has 1 aliphatic rings. The number of amides is 4. The molecule has 2 aromatic carbocycles. The molecule has 0 bridgehead atoms. The van der Waals surface area contributed by atoms with Gasteiger partial charge in [0.1, 0.15) is 12.3 Å². The molecule has 42 heavy (non-hydrogen) atoms. The third-order valence-corrected chi connectivity index (χ3v) is 10.2. The van der Waals surface area contributed by atoms with Crippen LogP contribution in [0.2, 0.25) is 0 Å². The Labute approximate surface area is 247 Å². The highest BCUT2D eigenvalue weighted by atomic mass is 31.2.